The Hall–Kier alpha value is -3.31. The van der Waals surface area contributed by atoms with E-state index in [0.29, 0.717) is 5.69 Å². The van der Waals surface area contributed by atoms with Gasteiger partial charge in [0.15, 0.2) is 0 Å². The maximum absolute atomic E-state index is 10.5. The zero-order chi connectivity index (χ0) is 21.8. The van der Waals surface area contributed by atoms with Crippen LogP contribution in [0.15, 0.2) is 78.9 Å². The minimum absolute atomic E-state index is 0.115. The number of rotatable bonds is 7. The molecule has 0 atom stereocenters. The van der Waals surface area contributed by atoms with Gasteiger partial charge < -0.3 is 20.1 Å². The summed E-state index contributed by atoms with van der Waals surface area (Å²) in [4.78, 5) is 12.6. The molecule has 0 aliphatic carbocycles. The monoisotopic (exact) mass is 406 g/mol. The number of hydrogen-bond donors (Lipinski definition) is 2. The number of amides is 1. The Labute approximate surface area is 178 Å². The van der Waals surface area contributed by atoms with Crippen LogP contribution in [-0.2, 0) is 11.2 Å². The predicted molar refractivity (Wildman–Crippen MR) is 122 cm³/mol. The van der Waals surface area contributed by atoms with Crippen LogP contribution in [0, 0.1) is 0 Å². The van der Waals surface area contributed by atoms with Crippen LogP contribution >= 0.6 is 0 Å². The van der Waals surface area contributed by atoms with Crippen molar-refractivity contribution in [1.29, 1.82) is 0 Å². The number of phenols is 1. The van der Waals surface area contributed by atoms with Crippen molar-refractivity contribution in [3.63, 3.8) is 0 Å². The van der Waals surface area contributed by atoms with Gasteiger partial charge in [0, 0.05) is 25.6 Å². The van der Waals surface area contributed by atoms with E-state index < -0.39 is 0 Å². The van der Waals surface area contributed by atoms with Gasteiger partial charge in [0.1, 0.15) is 18.1 Å². The topological polar surface area (TPSA) is 61.8 Å². The molecule has 0 aliphatic heterocycles. The van der Waals surface area contributed by atoms with Gasteiger partial charge in [0.25, 0.3) is 0 Å². The number of hydrogen-bond acceptors (Lipinski definition) is 4. The molecule has 0 aromatic heterocycles. The number of para-hydroxylation sites is 1. The zero-order valence-corrected chi connectivity index (χ0v) is 17.8. The Kier molecular flexibility index (Phi) is 9.42. The molecule has 0 bridgehead atoms. The lowest BCUT2D eigenvalue weighted by Gasteiger charge is -2.14. The van der Waals surface area contributed by atoms with Crippen molar-refractivity contribution in [3.8, 4) is 11.5 Å². The highest BCUT2D eigenvalue weighted by Crippen LogP contribution is 2.21. The highest BCUT2D eigenvalue weighted by Gasteiger charge is 2.04. The summed E-state index contributed by atoms with van der Waals surface area (Å²) in [5, 5.41) is 11.5. The van der Waals surface area contributed by atoms with Gasteiger partial charge >= 0.3 is 0 Å². The van der Waals surface area contributed by atoms with Crippen LogP contribution in [0.5, 0.6) is 11.5 Å². The van der Waals surface area contributed by atoms with Crippen molar-refractivity contribution in [2.24, 2.45) is 0 Å². The normalized spacial score (nSPS) is 10.1. The average molecular weight is 407 g/mol. The molecule has 5 nitrogen and oxygen atoms in total. The fourth-order valence-electron chi connectivity index (χ4n) is 2.69. The quantitative estimate of drug-likeness (QED) is 0.564. The Morgan fingerprint density at radius 3 is 2.20 bits per heavy atom. The molecule has 0 radical (unpaired) electrons. The van der Waals surface area contributed by atoms with Crippen molar-refractivity contribution in [2.75, 3.05) is 32.6 Å². The van der Waals surface area contributed by atoms with E-state index in [1.807, 2.05) is 18.2 Å². The minimum Gasteiger partial charge on any atom is -0.508 e. The summed E-state index contributed by atoms with van der Waals surface area (Å²) in [7, 11) is 4.11. The summed E-state index contributed by atoms with van der Waals surface area (Å²) in [6, 6.07) is 25.1. The van der Waals surface area contributed by atoms with Gasteiger partial charge in [0.05, 0.1) is 0 Å². The highest BCUT2D eigenvalue weighted by atomic mass is 16.5. The van der Waals surface area contributed by atoms with E-state index >= 15 is 0 Å². The first-order valence-corrected chi connectivity index (χ1v) is 9.90. The van der Waals surface area contributed by atoms with Crippen LogP contribution in [-0.4, -0.2) is 43.2 Å². The molecule has 30 heavy (non-hydrogen) atoms. The molecular weight excluding hydrogens is 376 g/mol. The summed E-state index contributed by atoms with van der Waals surface area (Å²) in [5.74, 6) is 1.07. The lowest BCUT2D eigenvalue weighted by molar-refractivity contribution is -0.114. The Bertz CT molecular complexity index is 894. The molecule has 0 spiro atoms. The van der Waals surface area contributed by atoms with E-state index in [-0.39, 0.29) is 11.7 Å². The molecule has 158 valence electrons. The third-order valence-electron chi connectivity index (χ3n) is 4.19. The van der Waals surface area contributed by atoms with E-state index in [9.17, 15) is 4.79 Å². The molecule has 5 heteroatoms. The van der Waals surface area contributed by atoms with Crippen molar-refractivity contribution in [2.45, 2.75) is 13.3 Å². The summed E-state index contributed by atoms with van der Waals surface area (Å²) in [6.07, 6.45) is 0.916. The van der Waals surface area contributed by atoms with E-state index in [1.54, 1.807) is 12.1 Å². The van der Waals surface area contributed by atoms with Crippen molar-refractivity contribution in [3.05, 3.63) is 90.0 Å². The van der Waals surface area contributed by atoms with Gasteiger partial charge in [-0.2, -0.15) is 0 Å². The zero-order valence-electron chi connectivity index (χ0n) is 17.8. The van der Waals surface area contributed by atoms with E-state index in [2.05, 4.69) is 60.7 Å². The van der Waals surface area contributed by atoms with Gasteiger partial charge in [-0.25, -0.2) is 0 Å². The maximum Gasteiger partial charge on any atom is 0.221 e. The standard InChI is InChI=1S/C17H21NO.C8H9NO2/c1-18(2)12-13-19-17-11-7-6-10-16(17)14-15-8-4-3-5-9-15;1-6(10)9-7-2-4-8(11)5-3-7/h3-11H,12-14H2,1-2H3;2-5,11H,1H3,(H,9,10). The SMILES string of the molecule is CC(=O)Nc1ccc(O)cc1.CN(C)CCOc1ccccc1Cc1ccccc1. The minimum atomic E-state index is -0.115. The largest absolute Gasteiger partial charge is 0.508 e. The molecular formula is C25H30N2O3. The maximum atomic E-state index is 10.5. The van der Waals surface area contributed by atoms with Gasteiger partial charge in [-0.05, 0) is 55.6 Å². The van der Waals surface area contributed by atoms with Crippen LogP contribution in [0.2, 0.25) is 0 Å². The fraction of sp³-hybridized carbons (Fsp3) is 0.240. The van der Waals surface area contributed by atoms with Crippen molar-refractivity contribution >= 4 is 11.6 Å². The summed E-state index contributed by atoms with van der Waals surface area (Å²) in [5.41, 5.74) is 3.24. The third kappa shape index (κ3) is 8.80. The molecule has 1 amide bonds. The number of benzene rings is 3. The van der Waals surface area contributed by atoms with Crippen molar-refractivity contribution < 1.29 is 14.6 Å². The Balaban J connectivity index is 0.000000248. The van der Waals surface area contributed by atoms with Crippen LogP contribution in [0.1, 0.15) is 18.1 Å². The van der Waals surface area contributed by atoms with Gasteiger partial charge in [-0.15, -0.1) is 0 Å². The van der Waals surface area contributed by atoms with Gasteiger partial charge in [-0.1, -0.05) is 48.5 Å². The first kappa shape index (κ1) is 23.0. The van der Waals surface area contributed by atoms with E-state index in [1.165, 1.54) is 30.2 Å². The molecule has 0 unspecified atom stereocenters. The molecule has 2 N–H and O–H groups in total. The lowest BCUT2D eigenvalue weighted by atomic mass is 10.0. The second-order valence-corrected chi connectivity index (χ2v) is 7.15. The number of ether oxygens (including phenoxy) is 1. The molecule has 3 aromatic rings. The number of carbonyl (C=O) groups is 1. The second-order valence-electron chi connectivity index (χ2n) is 7.15. The number of likely N-dealkylation sites (N-methyl/N-ethyl adjacent to an activating group) is 1. The van der Waals surface area contributed by atoms with Gasteiger partial charge in [-0.3, -0.25) is 4.79 Å². The average Bonchev–Trinajstić information content (AvgIpc) is 2.72. The van der Waals surface area contributed by atoms with Gasteiger partial charge in [0.2, 0.25) is 5.91 Å². The lowest BCUT2D eigenvalue weighted by Crippen LogP contribution is -2.19. The van der Waals surface area contributed by atoms with Crippen LogP contribution < -0.4 is 10.1 Å². The number of carbonyl (C=O) groups excluding carboxylic acids is 1. The number of nitrogens with one attached hydrogen (secondary N) is 1. The summed E-state index contributed by atoms with van der Waals surface area (Å²) >= 11 is 0. The molecule has 0 heterocycles. The number of nitrogens with zero attached hydrogens (tertiary/aromatic N) is 1. The number of aromatic hydroxyl groups is 1. The smallest absolute Gasteiger partial charge is 0.221 e. The number of anilines is 1. The van der Waals surface area contributed by atoms with Crippen LogP contribution in [0.4, 0.5) is 5.69 Å². The molecule has 0 aliphatic rings. The van der Waals surface area contributed by atoms with E-state index in [0.717, 1.165) is 25.3 Å². The fourth-order valence-corrected chi connectivity index (χ4v) is 2.69. The molecule has 0 saturated carbocycles. The first-order valence-electron chi connectivity index (χ1n) is 9.90. The first-order chi connectivity index (χ1) is 14.4. The molecule has 0 saturated heterocycles. The van der Waals surface area contributed by atoms with Crippen LogP contribution in [0.25, 0.3) is 0 Å². The predicted octanol–water partition coefficient (Wildman–Crippen LogP) is 4.57. The number of phenolic OH excluding ortho intramolecular Hbond substituents is 1. The molecule has 3 aromatic carbocycles. The second kappa shape index (κ2) is 12.3. The Morgan fingerprint density at radius 2 is 1.57 bits per heavy atom. The van der Waals surface area contributed by atoms with Crippen LogP contribution in [0.3, 0.4) is 0 Å². The molecule has 3 rings (SSSR count). The Morgan fingerprint density at radius 1 is 0.933 bits per heavy atom. The summed E-state index contributed by atoms with van der Waals surface area (Å²) < 4.78 is 5.88. The third-order valence-corrected chi connectivity index (χ3v) is 4.19. The highest BCUT2D eigenvalue weighted by molar-refractivity contribution is 5.88. The van der Waals surface area contributed by atoms with E-state index in [4.69, 9.17) is 9.84 Å². The van der Waals surface area contributed by atoms with Crippen molar-refractivity contribution in [1.82, 2.24) is 4.90 Å². The molecule has 0 fully saturated rings. The summed E-state index contributed by atoms with van der Waals surface area (Å²) in [6.45, 7) is 3.09.